The number of hydrogen-bond donors (Lipinski definition) is 3. The fraction of sp³-hybridized carbons (Fsp3) is 0.538. The highest BCUT2D eigenvalue weighted by atomic mass is 79.9. The summed E-state index contributed by atoms with van der Waals surface area (Å²) in [5.41, 5.74) is 4.16. The summed E-state index contributed by atoms with van der Waals surface area (Å²) in [5.74, 6) is -0.688. The molecule has 1 aromatic rings. The number of sulfonamides is 1. The van der Waals surface area contributed by atoms with Crippen molar-refractivity contribution in [2.45, 2.75) is 42.6 Å². The van der Waals surface area contributed by atoms with Crippen LogP contribution in [-0.4, -0.2) is 25.7 Å². The van der Waals surface area contributed by atoms with Gasteiger partial charge in [-0.2, -0.15) is 0 Å². The predicted molar refractivity (Wildman–Crippen MR) is 81.7 cm³/mol. The van der Waals surface area contributed by atoms with E-state index >= 15 is 0 Å². The van der Waals surface area contributed by atoms with Crippen LogP contribution in [0.5, 0.6) is 0 Å². The molecule has 0 aliphatic heterocycles. The molecule has 8 heteroatoms. The van der Waals surface area contributed by atoms with Gasteiger partial charge in [-0.3, -0.25) is 0 Å². The number of halogens is 2. The van der Waals surface area contributed by atoms with Crippen molar-refractivity contribution in [3.8, 4) is 0 Å². The van der Waals surface area contributed by atoms with E-state index in [0.717, 1.165) is 31.4 Å². The first-order chi connectivity index (χ1) is 9.73. The number of benzene rings is 1. The zero-order chi connectivity index (χ0) is 15.7. The van der Waals surface area contributed by atoms with Crippen LogP contribution in [0.15, 0.2) is 21.5 Å². The molecule has 1 aromatic carbocycles. The number of anilines is 1. The summed E-state index contributed by atoms with van der Waals surface area (Å²) >= 11 is 3.02. The van der Waals surface area contributed by atoms with Crippen LogP contribution in [0.25, 0.3) is 0 Å². The summed E-state index contributed by atoms with van der Waals surface area (Å²) in [4.78, 5) is -0.138. The minimum atomic E-state index is -3.87. The minimum absolute atomic E-state index is 0.0565. The Balaban J connectivity index is 2.17. The van der Waals surface area contributed by atoms with Gasteiger partial charge in [0.15, 0.2) is 0 Å². The van der Waals surface area contributed by atoms with Crippen LogP contribution in [0.1, 0.15) is 32.1 Å². The number of hydrogen-bond acceptors (Lipinski definition) is 4. The summed E-state index contributed by atoms with van der Waals surface area (Å²) in [5, 5.41) is 10.3. The van der Waals surface area contributed by atoms with E-state index in [1.165, 1.54) is 0 Å². The maximum absolute atomic E-state index is 13.3. The van der Waals surface area contributed by atoms with Gasteiger partial charge in [0.25, 0.3) is 0 Å². The van der Waals surface area contributed by atoms with E-state index in [1.54, 1.807) is 0 Å². The zero-order valence-electron chi connectivity index (χ0n) is 11.4. The number of rotatable bonds is 4. The number of aliphatic hydroxyl groups is 1. The Morgan fingerprint density at radius 3 is 2.57 bits per heavy atom. The van der Waals surface area contributed by atoms with Gasteiger partial charge < -0.3 is 10.8 Å². The first-order valence-electron chi connectivity index (χ1n) is 6.70. The topological polar surface area (TPSA) is 92.4 Å². The summed E-state index contributed by atoms with van der Waals surface area (Å²) in [7, 11) is -3.87. The van der Waals surface area contributed by atoms with Crippen molar-refractivity contribution in [1.82, 2.24) is 4.72 Å². The molecule has 0 saturated heterocycles. The average Bonchev–Trinajstić information content (AvgIpc) is 2.42. The van der Waals surface area contributed by atoms with Crippen molar-refractivity contribution >= 4 is 31.6 Å². The van der Waals surface area contributed by atoms with Gasteiger partial charge in [0.1, 0.15) is 5.82 Å². The molecule has 0 atom stereocenters. The molecule has 0 aromatic heterocycles. The summed E-state index contributed by atoms with van der Waals surface area (Å²) in [6.45, 7) is -0.0565. The SMILES string of the molecule is Nc1cc(S(=O)(=O)NCC2(O)CCCCC2)c(Br)cc1F. The van der Waals surface area contributed by atoms with E-state index < -0.39 is 21.4 Å². The third-order valence-electron chi connectivity index (χ3n) is 3.72. The fourth-order valence-corrected chi connectivity index (χ4v) is 4.61. The molecule has 1 aliphatic rings. The van der Waals surface area contributed by atoms with Crippen LogP contribution in [0.2, 0.25) is 0 Å². The van der Waals surface area contributed by atoms with Crippen molar-refractivity contribution in [3.05, 3.63) is 22.4 Å². The molecule has 0 amide bonds. The quantitative estimate of drug-likeness (QED) is 0.697. The molecule has 4 N–H and O–H groups in total. The van der Waals surface area contributed by atoms with Gasteiger partial charge in [-0.05, 0) is 40.9 Å². The van der Waals surface area contributed by atoms with Gasteiger partial charge in [0.2, 0.25) is 10.0 Å². The highest BCUT2D eigenvalue weighted by Gasteiger charge is 2.31. The lowest BCUT2D eigenvalue weighted by Gasteiger charge is -2.32. The van der Waals surface area contributed by atoms with E-state index in [0.29, 0.717) is 12.8 Å². The number of nitrogen functional groups attached to an aromatic ring is 1. The second-order valence-electron chi connectivity index (χ2n) is 5.41. The van der Waals surface area contributed by atoms with Crippen LogP contribution in [0, 0.1) is 5.82 Å². The Morgan fingerprint density at radius 1 is 1.33 bits per heavy atom. The smallest absolute Gasteiger partial charge is 0.241 e. The normalized spacial score (nSPS) is 18.6. The van der Waals surface area contributed by atoms with Crippen molar-refractivity contribution in [2.75, 3.05) is 12.3 Å². The maximum atomic E-state index is 13.3. The third kappa shape index (κ3) is 3.94. The standard InChI is InChI=1S/C13H18BrFN2O3S/c14-9-6-10(15)11(16)7-12(9)21(19,20)17-8-13(18)4-2-1-3-5-13/h6-7,17-18H,1-5,8,16H2. The van der Waals surface area contributed by atoms with E-state index in [2.05, 4.69) is 20.7 Å². The predicted octanol–water partition coefficient (Wildman–Crippen LogP) is 2.14. The van der Waals surface area contributed by atoms with Crippen LogP contribution in [0.3, 0.4) is 0 Å². The average molecular weight is 381 g/mol. The molecule has 0 heterocycles. The van der Waals surface area contributed by atoms with Gasteiger partial charge >= 0.3 is 0 Å². The maximum Gasteiger partial charge on any atom is 0.241 e. The van der Waals surface area contributed by atoms with Crippen molar-refractivity contribution < 1.29 is 17.9 Å². The van der Waals surface area contributed by atoms with Crippen LogP contribution < -0.4 is 10.5 Å². The molecule has 1 fully saturated rings. The fourth-order valence-electron chi connectivity index (χ4n) is 2.44. The van der Waals surface area contributed by atoms with Crippen LogP contribution in [0.4, 0.5) is 10.1 Å². The second kappa shape index (κ2) is 6.20. The summed E-state index contributed by atoms with van der Waals surface area (Å²) in [6, 6.07) is 2.08. The second-order valence-corrected chi connectivity index (χ2v) is 8.00. The molecule has 118 valence electrons. The molecular weight excluding hydrogens is 363 g/mol. The molecule has 0 unspecified atom stereocenters. The molecule has 21 heavy (non-hydrogen) atoms. The molecule has 1 aliphatic carbocycles. The molecule has 0 radical (unpaired) electrons. The highest BCUT2D eigenvalue weighted by molar-refractivity contribution is 9.10. The Morgan fingerprint density at radius 2 is 1.95 bits per heavy atom. The van der Waals surface area contributed by atoms with Crippen LogP contribution >= 0.6 is 15.9 Å². The van der Waals surface area contributed by atoms with Crippen LogP contribution in [-0.2, 0) is 10.0 Å². The molecule has 2 rings (SSSR count). The van der Waals surface area contributed by atoms with Crippen molar-refractivity contribution in [1.29, 1.82) is 0 Å². The minimum Gasteiger partial charge on any atom is -0.396 e. The van der Waals surface area contributed by atoms with Gasteiger partial charge in [0.05, 0.1) is 16.2 Å². The lowest BCUT2D eigenvalue weighted by atomic mass is 9.85. The van der Waals surface area contributed by atoms with Gasteiger partial charge in [0, 0.05) is 11.0 Å². The molecule has 5 nitrogen and oxygen atoms in total. The van der Waals surface area contributed by atoms with Gasteiger partial charge in [-0.25, -0.2) is 17.5 Å². The lowest BCUT2D eigenvalue weighted by molar-refractivity contribution is 0.00945. The Bertz CT molecular complexity index is 631. The first kappa shape index (κ1) is 16.7. The molecular formula is C13H18BrFN2O3S. The van der Waals surface area contributed by atoms with E-state index in [-0.39, 0.29) is 21.6 Å². The molecule has 0 spiro atoms. The number of nitrogens with one attached hydrogen (secondary N) is 1. The lowest BCUT2D eigenvalue weighted by Crippen LogP contribution is -2.44. The van der Waals surface area contributed by atoms with Crippen molar-refractivity contribution in [2.24, 2.45) is 0 Å². The monoisotopic (exact) mass is 380 g/mol. The Kier molecular flexibility index (Phi) is 4.92. The van der Waals surface area contributed by atoms with Gasteiger partial charge in [-0.15, -0.1) is 0 Å². The Hall–Kier alpha value is -0.700. The summed E-state index contributed by atoms with van der Waals surface area (Å²) < 4.78 is 40.3. The highest BCUT2D eigenvalue weighted by Crippen LogP contribution is 2.29. The van der Waals surface area contributed by atoms with E-state index in [4.69, 9.17) is 5.73 Å². The van der Waals surface area contributed by atoms with Crippen molar-refractivity contribution in [3.63, 3.8) is 0 Å². The molecule has 0 bridgehead atoms. The van der Waals surface area contributed by atoms with Gasteiger partial charge in [-0.1, -0.05) is 19.3 Å². The zero-order valence-corrected chi connectivity index (χ0v) is 13.8. The number of nitrogens with two attached hydrogens (primary N) is 1. The first-order valence-corrected chi connectivity index (χ1v) is 8.98. The Labute approximate surface area is 131 Å². The van der Waals surface area contributed by atoms with E-state index in [1.807, 2.05) is 0 Å². The van der Waals surface area contributed by atoms with E-state index in [9.17, 15) is 17.9 Å². The third-order valence-corrected chi connectivity index (χ3v) is 6.08. The molecule has 1 saturated carbocycles. The summed E-state index contributed by atoms with van der Waals surface area (Å²) in [6.07, 6.45) is 3.95. The largest absolute Gasteiger partial charge is 0.396 e.